The van der Waals surface area contributed by atoms with E-state index in [0.717, 1.165) is 37.1 Å². The molecule has 0 saturated carbocycles. The highest BCUT2D eigenvalue weighted by Crippen LogP contribution is 2.57. The van der Waals surface area contributed by atoms with Crippen LogP contribution < -0.4 is 4.74 Å². The molecule has 5 rings (SSSR count). The fourth-order valence-corrected chi connectivity index (χ4v) is 6.15. The summed E-state index contributed by atoms with van der Waals surface area (Å²) in [6, 6.07) is 12.5. The van der Waals surface area contributed by atoms with Gasteiger partial charge in [0.2, 0.25) is 5.91 Å². The zero-order valence-corrected chi connectivity index (χ0v) is 17.2. The molecule has 4 nitrogen and oxygen atoms in total. The van der Waals surface area contributed by atoms with Crippen LogP contribution in [0.3, 0.4) is 0 Å². The maximum atomic E-state index is 14.7. The topological polar surface area (TPSA) is 32.8 Å². The van der Waals surface area contributed by atoms with Gasteiger partial charge in [0.25, 0.3) is 0 Å². The summed E-state index contributed by atoms with van der Waals surface area (Å²) in [7, 11) is 1.65. The Morgan fingerprint density at radius 2 is 2.07 bits per heavy atom. The normalized spacial score (nSPS) is 28.7. The molecule has 6 heteroatoms. The largest absolute Gasteiger partial charge is 0.496 e. The van der Waals surface area contributed by atoms with Gasteiger partial charge >= 0.3 is 0 Å². The number of hydrogen-bond donors (Lipinski definition) is 0. The van der Waals surface area contributed by atoms with Crippen LogP contribution in [0, 0.1) is 11.7 Å². The number of nitrogens with zero attached hydrogens (tertiary/aromatic N) is 2. The Balaban J connectivity index is 1.46. The highest BCUT2D eigenvalue weighted by molar-refractivity contribution is 6.31. The first-order valence-electron chi connectivity index (χ1n) is 10.2. The van der Waals surface area contributed by atoms with E-state index >= 15 is 0 Å². The highest BCUT2D eigenvalue weighted by atomic mass is 35.5. The zero-order valence-electron chi connectivity index (χ0n) is 16.4. The van der Waals surface area contributed by atoms with Crippen molar-refractivity contribution >= 4 is 17.5 Å². The van der Waals surface area contributed by atoms with E-state index in [2.05, 4.69) is 4.90 Å². The molecule has 3 aliphatic heterocycles. The molecule has 1 spiro atoms. The van der Waals surface area contributed by atoms with Crippen LogP contribution in [0.4, 0.5) is 4.39 Å². The monoisotopic (exact) mass is 414 g/mol. The van der Waals surface area contributed by atoms with Crippen molar-refractivity contribution < 1.29 is 13.9 Å². The summed E-state index contributed by atoms with van der Waals surface area (Å²) >= 11 is 6.38. The SMILES string of the molecule is COc1ccccc1CN1C[C@@H]2C[C@@H](c3c(F)cccc3Cl)N3CCC[C@@]23C1=O. The first-order chi connectivity index (χ1) is 14.1. The third-order valence-electron chi connectivity index (χ3n) is 7.01. The van der Waals surface area contributed by atoms with E-state index in [1.807, 2.05) is 29.2 Å². The maximum absolute atomic E-state index is 14.7. The van der Waals surface area contributed by atoms with E-state index in [0.29, 0.717) is 23.7 Å². The van der Waals surface area contributed by atoms with Crippen LogP contribution in [0.15, 0.2) is 42.5 Å². The molecule has 3 aliphatic rings. The molecule has 152 valence electrons. The van der Waals surface area contributed by atoms with E-state index < -0.39 is 5.54 Å². The summed E-state index contributed by atoms with van der Waals surface area (Å²) < 4.78 is 20.1. The minimum Gasteiger partial charge on any atom is -0.496 e. The third kappa shape index (κ3) is 2.71. The summed E-state index contributed by atoms with van der Waals surface area (Å²) in [5, 5.41) is 0.454. The molecule has 0 aliphatic carbocycles. The molecule has 1 amide bonds. The standard InChI is InChI=1S/C23H24ClFN2O2/c1-29-20-9-3-2-6-15(20)13-26-14-16-12-19(21-17(24)7-4-8-18(21)25)27-11-5-10-23(16,27)22(26)28/h2-4,6-9,16,19H,5,10-14H2,1H3/t16-,19-,23-/m0/s1. The van der Waals surface area contributed by atoms with E-state index in [9.17, 15) is 9.18 Å². The molecule has 0 aromatic heterocycles. The Morgan fingerprint density at radius 3 is 2.86 bits per heavy atom. The molecule has 3 heterocycles. The van der Waals surface area contributed by atoms with Gasteiger partial charge in [-0.25, -0.2) is 4.39 Å². The second-order valence-electron chi connectivity index (χ2n) is 8.30. The second kappa shape index (κ2) is 6.99. The molecule has 0 radical (unpaired) electrons. The predicted molar refractivity (Wildman–Crippen MR) is 109 cm³/mol. The van der Waals surface area contributed by atoms with Gasteiger partial charge in [0.05, 0.1) is 7.11 Å². The van der Waals surface area contributed by atoms with Crippen LogP contribution in [0.1, 0.15) is 36.4 Å². The van der Waals surface area contributed by atoms with Crippen molar-refractivity contribution in [2.75, 3.05) is 20.2 Å². The number of ether oxygens (including phenoxy) is 1. The minimum atomic E-state index is -0.516. The molecule has 3 atom stereocenters. The Bertz CT molecular complexity index is 947. The summed E-state index contributed by atoms with van der Waals surface area (Å²) in [6.07, 6.45) is 2.55. The van der Waals surface area contributed by atoms with Crippen LogP contribution in [0.2, 0.25) is 5.02 Å². The lowest BCUT2D eigenvalue weighted by molar-refractivity contribution is -0.137. The van der Waals surface area contributed by atoms with Gasteiger partial charge in [0.1, 0.15) is 17.1 Å². The average molecular weight is 415 g/mol. The number of carbonyl (C=O) groups is 1. The summed E-state index contributed by atoms with van der Waals surface area (Å²) in [4.78, 5) is 17.9. The van der Waals surface area contributed by atoms with Gasteiger partial charge in [-0.15, -0.1) is 0 Å². The summed E-state index contributed by atoms with van der Waals surface area (Å²) in [5.41, 5.74) is 1.05. The molecule has 0 N–H and O–H groups in total. The first-order valence-corrected chi connectivity index (χ1v) is 10.6. The highest BCUT2D eigenvalue weighted by Gasteiger charge is 2.65. The molecule has 2 aromatic carbocycles. The predicted octanol–water partition coefficient (Wildman–Crippen LogP) is 4.43. The van der Waals surface area contributed by atoms with Crippen LogP contribution in [0.25, 0.3) is 0 Å². The van der Waals surface area contributed by atoms with Gasteiger partial charge in [-0.2, -0.15) is 0 Å². The number of para-hydroxylation sites is 1. The zero-order chi connectivity index (χ0) is 20.2. The first kappa shape index (κ1) is 18.9. The number of amides is 1. The average Bonchev–Trinajstić information content (AvgIpc) is 3.34. The number of halogens is 2. The minimum absolute atomic E-state index is 0.131. The maximum Gasteiger partial charge on any atom is 0.243 e. The van der Waals surface area contributed by atoms with Gasteiger partial charge in [0.15, 0.2) is 0 Å². The Morgan fingerprint density at radius 1 is 1.24 bits per heavy atom. The lowest BCUT2D eigenvalue weighted by Crippen LogP contribution is -2.49. The van der Waals surface area contributed by atoms with Crippen LogP contribution >= 0.6 is 11.6 Å². The van der Waals surface area contributed by atoms with Crippen LogP contribution in [0.5, 0.6) is 5.75 Å². The van der Waals surface area contributed by atoms with Crippen molar-refractivity contribution in [1.29, 1.82) is 0 Å². The number of likely N-dealkylation sites (tertiary alicyclic amines) is 1. The number of benzene rings is 2. The number of methoxy groups -OCH3 is 1. The van der Waals surface area contributed by atoms with E-state index in [1.54, 1.807) is 19.2 Å². The number of hydrogen-bond acceptors (Lipinski definition) is 3. The van der Waals surface area contributed by atoms with Gasteiger partial charge in [-0.1, -0.05) is 35.9 Å². The van der Waals surface area contributed by atoms with Crippen molar-refractivity contribution in [3.8, 4) is 5.75 Å². The van der Waals surface area contributed by atoms with Crippen molar-refractivity contribution in [3.05, 3.63) is 64.4 Å². The lowest BCUT2D eigenvalue weighted by atomic mass is 9.85. The molecule has 29 heavy (non-hydrogen) atoms. The smallest absolute Gasteiger partial charge is 0.243 e. The van der Waals surface area contributed by atoms with Crippen molar-refractivity contribution in [1.82, 2.24) is 9.80 Å². The Kier molecular flexibility index (Phi) is 4.56. The number of rotatable bonds is 4. The van der Waals surface area contributed by atoms with Crippen LogP contribution in [-0.2, 0) is 11.3 Å². The molecule has 3 saturated heterocycles. The molecule has 0 bridgehead atoms. The van der Waals surface area contributed by atoms with Crippen LogP contribution in [-0.4, -0.2) is 41.4 Å². The summed E-state index contributed by atoms with van der Waals surface area (Å²) in [6.45, 7) is 2.04. The second-order valence-corrected chi connectivity index (χ2v) is 8.71. The molecular weight excluding hydrogens is 391 g/mol. The van der Waals surface area contributed by atoms with E-state index in [4.69, 9.17) is 16.3 Å². The van der Waals surface area contributed by atoms with Crippen molar-refractivity contribution in [2.45, 2.75) is 37.4 Å². The Labute approximate surface area is 175 Å². The quantitative estimate of drug-likeness (QED) is 0.742. The van der Waals surface area contributed by atoms with Gasteiger partial charge in [-0.3, -0.25) is 9.69 Å². The van der Waals surface area contributed by atoms with Crippen molar-refractivity contribution in [3.63, 3.8) is 0 Å². The molecule has 3 fully saturated rings. The number of carbonyl (C=O) groups excluding carboxylic acids is 1. The fraction of sp³-hybridized carbons (Fsp3) is 0.435. The van der Waals surface area contributed by atoms with Gasteiger partial charge in [0, 0.05) is 41.2 Å². The summed E-state index contributed by atoms with van der Waals surface area (Å²) in [5.74, 6) is 0.880. The Hall–Kier alpha value is -2.11. The molecule has 2 aromatic rings. The van der Waals surface area contributed by atoms with E-state index in [1.165, 1.54) is 6.07 Å². The van der Waals surface area contributed by atoms with Gasteiger partial charge < -0.3 is 9.64 Å². The molecular formula is C23H24ClFN2O2. The van der Waals surface area contributed by atoms with E-state index in [-0.39, 0.29) is 23.7 Å². The lowest BCUT2D eigenvalue weighted by Gasteiger charge is -2.34. The molecule has 0 unspecified atom stereocenters. The fourth-order valence-electron chi connectivity index (χ4n) is 5.86. The van der Waals surface area contributed by atoms with Gasteiger partial charge in [-0.05, 0) is 44.0 Å². The third-order valence-corrected chi connectivity index (χ3v) is 7.34. The van der Waals surface area contributed by atoms with Crippen molar-refractivity contribution in [2.24, 2.45) is 5.92 Å².